The molecule has 0 spiro atoms. The highest BCUT2D eigenvalue weighted by Crippen LogP contribution is 2.49. The highest BCUT2D eigenvalue weighted by atomic mass is 19.4. The zero-order valence-electron chi connectivity index (χ0n) is 30.1. The lowest BCUT2D eigenvalue weighted by Crippen LogP contribution is -2.52. The molecule has 1 fully saturated rings. The van der Waals surface area contributed by atoms with Crippen LogP contribution >= 0.6 is 0 Å². The van der Waals surface area contributed by atoms with Crippen LogP contribution in [0.15, 0.2) is 60.1 Å². The van der Waals surface area contributed by atoms with Crippen molar-refractivity contribution in [2.24, 2.45) is 27.8 Å². The van der Waals surface area contributed by atoms with Gasteiger partial charge in [-0.3, -0.25) is 14.5 Å². The van der Waals surface area contributed by atoms with Gasteiger partial charge < -0.3 is 21.5 Å². The average Bonchev–Trinajstić information content (AvgIpc) is 3.42. The molecule has 1 saturated carbocycles. The number of alkyl carbamates (subject to hydrolysis) is 1. The molecule has 0 saturated heterocycles. The number of alkyl halides is 7. The van der Waals surface area contributed by atoms with Crippen molar-refractivity contribution >= 4 is 29.4 Å². The van der Waals surface area contributed by atoms with Gasteiger partial charge in [-0.25, -0.2) is 19.5 Å². The Morgan fingerprint density at radius 3 is 2.36 bits per heavy atom. The van der Waals surface area contributed by atoms with Crippen molar-refractivity contribution in [1.82, 2.24) is 34.8 Å². The molecule has 1 aliphatic heterocycles. The fraction of sp³-hybridized carbons (Fsp3) is 0.457. The number of nitrogens with two attached hydrogens (primary N) is 2. The predicted octanol–water partition coefficient (Wildman–Crippen LogP) is 5.88. The van der Waals surface area contributed by atoms with Crippen molar-refractivity contribution in [2.75, 3.05) is 6.61 Å². The van der Waals surface area contributed by atoms with Crippen molar-refractivity contribution in [3.05, 3.63) is 71.8 Å². The Balaban J connectivity index is 1.40. The molecule has 21 heteroatoms. The second kappa shape index (κ2) is 14.4. The third-order valence-electron chi connectivity index (χ3n) is 9.81. The Labute approximate surface area is 314 Å². The number of primary amides is 1. The fourth-order valence-corrected chi connectivity index (χ4v) is 7.06. The summed E-state index contributed by atoms with van der Waals surface area (Å²) in [5, 5.41) is 9.03. The molecule has 2 aliphatic carbocycles. The number of ether oxygens (including phenoxy) is 1. The van der Waals surface area contributed by atoms with Crippen molar-refractivity contribution in [3.8, 4) is 11.4 Å². The zero-order valence-corrected chi connectivity index (χ0v) is 30.1. The summed E-state index contributed by atoms with van der Waals surface area (Å²) < 4.78 is 101. The molecule has 6 rings (SSSR count). The third-order valence-corrected chi connectivity index (χ3v) is 9.81. The number of nitrogens with zero attached hydrogens (tertiary/aromatic N) is 7. The number of allylic oxidation sites excluding steroid dienone is 3. The van der Waals surface area contributed by atoms with E-state index in [1.54, 1.807) is 18.2 Å². The number of hydrogen-bond donors (Lipinski definition) is 3. The van der Waals surface area contributed by atoms with E-state index < -0.39 is 78.1 Å². The van der Waals surface area contributed by atoms with Gasteiger partial charge in [0.1, 0.15) is 18.5 Å². The van der Waals surface area contributed by atoms with E-state index in [1.807, 2.05) is 26.1 Å². The number of aromatic nitrogens is 5. The number of carbonyl (C=O) groups excluding carboxylic acids is 3. The van der Waals surface area contributed by atoms with Crippen molar-refractivity contribution in [2.45, 2.75) is 82.8 Å². The number of rotatable bonds is 12. The maximum atomic E-state index is 15.0. The second-order valence-corrected chi connectivity index (χ2v) is 14.9. The van der Waals surface area contributed by atoms with Gasteiger partial charge in [-0.15, -0.1) is 0 Å². The topological polar surface area (TPSA) is 189 Å². The van der Waals surface area contributed by atoms with Crippen LogP contribution in [0.2, 0.25) is 0 Å². The summed E-state index contributed by atoms with van der Waals surface area (Å²) in [6.45, 7) is -1.30. The number of aliphatic imine (C=N–C) groups is 1. The third kappa shape index (κ3) is 7.57. The van der Waals surface area contributed by atoms with E-state index in [-0.39, 0.29) is 53.0 Å². The maximum Gasteiger partial charge on any atom is 0.411 e. The highest BCUT2D eigenvalue weighted by Gasteiger charge is 2.65. The van der Waals surface area contributed by atoms with Crippen LogP contribution in [0.3, 0.4) is 0 Å². The summed E-state index contributed by atoms with van der Waals surface area (Å²) in [6, 6.07) is 2.18. The van der Waals surface area contributed by atoms with Gasteiger partial charge >= 0.3 is 25.4 Å². The molecule has 3 aliphatic rings. The first kappa shape index (κ1) is 39.9. The van der Waals surface area contributed by atoms with Gasteiger partial charge in [0.05, 0.1) is 17.8 Å². The van der Waals surface area contributed by atoms with E-state index in [0.29, 0.717) is 15.8 Å². The van der Waals surface area contributed by atoms with Crippen LogP contribution in [-0.4, -0.2) is 77.2 Å². The maximum absolute atomic E-state index is 15.0. The molecule has 1 aromatic carbocycles. The first-order valence-corrected chi connectivity index (χ1v) is 17.2. The van der Waals surface area contributed by atoms with Crippen LogP contribution in [-0.2, 0) is 9.53 Å². The quantitative estimate of drug-likeness (QED) is 0.190. The minimum atomic E-state index is -4.77. The molecule has 14 nitrogen and oxygen atoms in total. The molecule has 56 heavy (non-hydrogen) atoms. The number of hydrogen-bond acceptors (Lipinski definition) is 9. The number of carbonyl (C=O) groups is 3. The first-order valence-electron chi connectivity index (χ1n) is 17.2. The summed E-state index contributed by atoms with van der Waals surface area (Å²) in [5.74, 6) is -3.25. The van der Waals surface area contributed by atoms with Crippen LogP contribution in [0.25, 0.3) is 17.0 Å². The fourth-order valence-electron chi connectivity index (χ4n) is 7.06. The molecule has 0 bridgehead atoms. The molecule has 3 heterocycles. The van der Waals surface area contributed by atoms with Crippen LogP contribution in [0, 0.1) is 11.3 Å². The van der Waals surface area contributed by atoms with Gasteiger partial charge in [0, 0.05) is 23.2 Å². The Morgan fingerprint density at radius 1 is 1.09 bits per heavy atom. The lowest BCUT2D eigenvalue weighted by Gasteiger charge is -2.38. The van der Waals surface area contributed by atoms with Crippen LogP contribution < -0.4 is 16.8 Å². The number of halogens is 7. The summed E-state index contributed by atoms with van der Waals surface area (Å²) in [7, 11) is 0. The Kier molecular flexibility index (Phi) is 10.3. The molecular formula is C35H37F7N10O4. The zero-order chi connectivity index (χ0) is 41.0. The molecule has 0 radical (unpaired) electrons. The number of nitrogens with one attached hydrogen (secondary N) is 1. The lowest BCUT2D eigenvalue weighted by atomic mass is 9.70. The largest absolute Gasteiger partial charge is 0.447 e. The molecule has 300 valence electrons. The number of amides is 3. The molecular weight excluding hydrogens is 757 g/mol. The average molecular weight is 795 g/mol. The smallest absolute Gasteiger partial charge is 0.411 e. The SMILES string of the molecule is CC(C)(C)C[C@]1(C2C=CC(c3cnn(C(F)F)c3)=CC2)N=C(N)N([C@H](COC(=O)NC2(C(F)(F)F)CC2)c2ccc(C(N)=O)c(-c3ncnn3C(F)F)c2)C1=O. The van der Waals surface area contributed by atoms with Crippen molar-refractivity contribution < 1.29 is 49.9 Å². The Bertz CT molecular complexity index is 2120. The van der Waals surface area contributed by atoms with Gasteiger partial charge in [0.15, 0.2) is 17.3 Å². The predicted molar refractivity (Wildman–Crippen MR) is 184 cm³/mol. The van der Waals surface area contributed by atoms with Crippen LogP contribution in [0.5, 0.6) is 0 Å². The first-order chi connectivity index (χ1) is 26.2. The summed E-state index contributed by atoms with van der Waals surface area (Å²) in [4.78, 5) is 49.9. The summed E-state index contributed by atoms with van der Waals surface area (Å²) in [6.07, 6.45) is 1.63. The molecule has 5 N–H and O–H groups in total. The van der Waals surface area contributed by atoms with Gasteiger partial charge in [-0.2, -0.15) is 45.6 Å². The minimum absolute atomic E-state index is 0.0223. The van der Waals surface area contributed by atoms with E-state index in [0.717, 1.165) is 17.3 Å². The van der Waals surface area contributed by atoms with Crippen LogP contribution in [0.1, 0.15) is 87.1 Å². The monoisotopic (exact) mass is 794 g/mol. The second-order valence-electron chi connectivity index (χ2n) is 14.9. The summed E-state index contributed by atoms with van der Waals surface area (Å²) in [5.41, 5.74) is 7.89. The minimum Gasteiger partial charge on any atom is -0.447 e. The molecule has 2 aromatic heterocycles. The van der Waals surface area contributed by atoms with E-state index in [2.05, 4.69) is 15.2 Å². The Hall–Kier alpha value is -5.76. The van der Waals surface area contributed by atoms with Crippen molar-refractivity contribution in [3.63, 3.8) is 0 Å². The molecule has 3 atom stereocenters. The lowest BCUT2D eigenvalue weighted by molar-refractivity contribution is -0.164. The van der Waals surface area contributed by atoms with Gasteiger partial charge in [0.25, 0.3) is 5.91 Å². The number of guanidine groups is 1. The standard InChI is InChI=1S/C35H37F7N10O4/c1-32(2,3)16-34(21-7-4-18(5-8-21)20-13-46-50(14-20)28(36)37)27(54)51(30(44)48-34)24(15-56-31(55)49-33(10-11-33)35(40,41)42)19-6-9-22(25(43)53)23(12-19)26-45-17-47-52(26)29(38)39/h4-7,9,12-14,17,21,24,28-29H,8,10-11,15-16H2,1-3H3,(H2,43,53)(H2,44,48)(H,49,55)/t21?,24-,34-/m1/s1. The van der Waals surface area contributed by atoms with E-state index in [4.69, 9.17) is 21.2 Å². The summed E-state index contributed by atoms with van der Waals surface area (Å²) >= 11 is 0. The van der Waals surface area contributed by atoms with E-state index >= 15 is 0 Å². The van der Waals surface area contributed by atoms with E-state index in [9.17, 15) is 45.1 Å². The van der Waals surface area contributed by atoms with Gasteiger partial charge in [0.2, 0.25) is 5.91 Å². The van der Waals surface area contributed by atoms with Gasteiger partial charge in [-0.05, 0) is 54.4 Å². The van der Waals surface area contributed by atoms with Gasteiger partial charge in [-0.1, -0.05) is 45.1 Å². The normalized spacial score (nSPS) is 21.3. The molecule has 1 unspecified atom stereocenters. The van der Waals surface area contributed by atoms with Crippen LogP contribution in [0.4, 0.5) is 35.5 Å². The highest BCUT2D eigenvalue weighted by molar-refractivity contribution is 6.08. The molecule has 3 aromatic rings. The Morgan fingerprint density at radius 2 is 1.80 bits per heavy atom. The van der Waals surface area contributed by atoms with Crippen molar-refractivity contribution in [1.29, 1.82) is 0 Å². The van der Waals surface area contributed by atoms with E-state index in [1.165, 1.54) is 24.5 Å². The number of benzene rings is 1. The molecule has 3 amide bonds.